The Morgan fingerprint density at radius 2 is 1.70 bits per heavy atom. The van der Waals surface area contributed by atoms with Crippen molar-refractivity contribution in [3.63, 3.8) is 0 Å². The van der Waals surface area contributed by atoms with E-state index in [9.17, 15) is 8.78 Å². The Hall–Kier alpha value is -2.00. The van der Waals surface area contributed by atoms with Crippen molar-refractivity contribution in [3.05, 3.63) is 83.4 Å². The smallest absolute Gasteiger partial charge is 0.126 e. The van der Waals surface area contributed by atoms with E-state index in [1.54, 1.807) is 0 Å². The third kappa shape index (κ3) is 3.35. The average Bonchev–Trinajstić information content (AvgIpc) is 2.50. The van der Waals surface area contributed by atoms with Crippen molar-refractivity contribution in [2.24, 2.45) is 0 Å². The molecule has 0 saturated heterocycles. The molecule has 0 radical (unpaired) electrons. The Bertz CT molecular complexity index is 681. The molecule has 0 aromatic heterocycles. The van der Waals surface area contributed by atoms with Crippen LogP contribution in [0, 0.1) is 11.6 Å². The first-order chi connectivity index (χ1) is 11.0. The van der Waals surface area contributed by atoms with Crippen LogP contribution in [-0.2, 0) is 10.2 Å². The largest absolute Gasteiger partial charge is 0.373 e. The SMILES string of the molecule is C=C1CC(CO[C@H](C)c2cc(F)cc(F)c2)(c2ccccc2)C1. The fourth-order valence-electron chi connectivity index (χ4n) is 3.28. The van der Waals surface area contributed by atoms with Crippen molar-refractivity contribution in [3.8, 4) is 0 Å². The van der Waals surface area contributed by atoms with E-state index < -0.39 is 11.6 Å². The average molecular weight is 314 g/mol. The Balaban J connectivity index is 1.74. The predicted molar refractivity (Wildman–Crippen MR) is 87.2 cm³/mol. The fraction of sp³-hybridized carbons (Fsp3) is 0.300. The molecule has 1 saturated carbocycles. The van der Waals surface area contributed by atoms with Crippen molar-refractivity contribution >= 4 is 0 Å². The second kappa shape index (κ2) is 6.25. The molecule has 1 aliphatic carbocycles. The topological polar surface area (TPSA) is 9.23 Å². The molecule has 0 N–H and O–H groups in total. The monoisotopic (exact) mass is 314 g/mol. The molecule has 3 heteroatoms. The summed E-state index contributed by atoms with van der Waals surface area (Å²) in [5.74, 6) is -1.16. The molecule has 0 unspecified atom stereocenters. The van der Waals surface area contributed by atoms with Crippen LogP contribution in [-0.4, -0.2) is 6.61 Å². The molecule has 0 amide bonds. The van der Waals surface area contributed by atoms with Gasteiger partial charge in [0.25, 0.3) is 0 Å². The van der Waals surface area contributed by atoms with Crippen molar-refractivity contribution in [2.45, 2.75) is 31.3 Å². The van der Waals surface area contributed by atoms with Gasteiger partial charge in [0.2, 0.25) is 0 Å². The van der Waals surface area contributed by atoms with Crippen molar-refractivity contribution in [1.29, 1.82) is 0 Å². The zero-order chi connectivity index (χ0) is 16.4. The van der Waals surface area contributed by atoms with Crippen LogP contribution in [0.4, 0.5) is 8.78 Å². The highest BCUT2D eigenvalue weighted by atomic mass is 19.1. The lowest BCUT2D eigenvalue weighted by atomic mass is 9.62. The van der Waals surface area contributed by atoms with Gasteiger partial charge >= 0.3 is 0 Å². The number of benzene rings is 2. The molecular formula is C20H20F2O. The van der Waals surface area contributed by atoms with Gasteiger partial charge in [0, 0.05) is 11.5 Å². The maximum Gasteiger partial charge on any atom is 0.126 e. The summed E-state index contributed by atoms with van der Waals surface area (Å²) in [4.78, 5) is 0. The van der Waals surface area contributed by atoms with E-state index in [1.165, 1.54) is 23.3 Å². The van der Waals surface area contributed by atoms with Crippen LogP contribution in [0.3, 0.4) is 0 Å². The minimum atomic E-state index is -0.578. The second-order valence-corrected chi connectivity index (χ2v) is 6.41. The van der Waals surface area contributed by atoms with Gasteiger partial charge in [-0.15, -0.1) is 0 Å². The van der Waals surface area contributed by atoms with Gasteiger partial charge in [0.1, 0.15) is 11.6 Å². The first kappa shape index (κ1) is 15.9. The van der Waals surface area contributed by atoms with Crippen molar-refractivity contribution < 1.29 is 13.5 Å². The van der Waals surface area contributed by atoms with Gasteiger partial charge in [-0.1, -0.05) is 42.5 Å². The third-order valence-electron chi connectivity index (χ3n) is 4.53. The van der Waals surface area contributed by atoms with E-state index in [2.05, 4.69) is 18.7 Å². The summed E-state index contributed by atoms with van der Waals surface area (Å²) in [7, 11) is 0. The normalized spacial score (nSPS) is 17.6. The minimum Gasteiger partial charge on any atom is -0.373 e. The summed E-state index contributed by atoms with van der Waals surface area (Å²) in [6.45, 7) is 6.36. The van der Waals surface area contributed by atoms with Gasteiger partial charge in [-0.05, 0) is 43.0 Å². The van der Waals surface area contributed by atoms with Crippen LogP contribution in [0.25, 0.3) is 0 Å². The van der Waals surface area contributed by atoms with Crippen LogP contribution in [0.1, 0.15) is 37.0 Å². The highest BCUT2D eigenvalue weighted by Gasteiger charge is 2.41. The van der Waals surface area contributed by atoms with Gasteiger partial charge < -0.3 is 4.74 Å². The second-order valence-electron chi connectivity index (χ2n) is 6.41. The van der Waals surface area contributed by atoms with Crippen LogP contribution in [0.2, 0.25) is 0 Å². The minimum absolute atomic E-state index is 0.0710. The predicted octanol–water partition coefficient (Wildman–Crippen LogP) is 5.33. The van der Waals surface area contributed by atoms with Crippen LogP contribution < -0.4 is 0 Å². The van der Waals surface area contributed by atoms with E-state index in [0.717, 1.165) is 18.9 Å². The Morgan fingerprint density at radius 3 is 2.26 bits per heavy atom. The molecule has 2 aromatic carbocycles. The fourth-order valence-corrected chi connectivity index (χ4v) is 3.28. The van der Waals surface area contributed by atoms with E-state index in [1.807, 2.05) is 25.1 Å². The number of ether oxygens (including phenoxy) is 1. The maximum absolute atomic E-state index is 13.3. The van der Waals surface area contributed by atoms with Gasteiger partial charge in [0.15, 0.2) is 0 Å². The first-order valence-corrected chi connectivity index (χ1v) is 7.78. The first-order valence-electron chi connectivity index (χ1n) is 7.78. The van der Waals surface area contributed by atoms with Gasteiger partial charge in [-0.25, -0.2) is 8.78 Å². The summed E-state index contributed by atoms with van der Waals surface area (Å²) >= 11 is 0. The molecule has 1 aliphatic rings. The molecule has 3 rings (SSSR count). The summed E-state index contributed by atoms with van der Waals surface area (Å²) in [5, 5.41) is 0. The van der Waals surface area contributed by atoms with E-state index >= 15 is 0 Å². The quantitative estimate of drug-likeness (QED) is 0.678. The summed E-state index contributed by atoms with van der Waals surface area (Å²) in [6, 6.07) is 13.7. The highest BCUT2D eigenvalue weighted by molar-refractivity contribution is 5.36. The molecule has 23 heavy (non-hydrogen) atoms. The lowest BCUT2D eigenvalue weighted by molar-refractivity contribution is 0.0140. The summed E-state index contributed by atoms with van der Waals surface area (Å²) in [6.07, 6.45) is 1.41. The van der Waals surface area contributed by atoms with E-state index in [-0.39, 0.29) is 11.5 Å². The van der Waals surface area contributed by atoms with Gasteiger partial charge in [-0.3, -0.25) is 0 Å². The molecule has 1 nitrogen and oxygen atoms in total. The molecule has 0 spiro atoms. The zero-order valence-electron chi connectivity index (χ0n) is 13.2. The maximum atomic E-state index is 13.3. The van der Waals surface area contributed by atoms with Crippen LogP contribution >= 0.6 is 0 Å². The Labute approximate surface area is 135 Å². The number of halogens is 2. The molecular weight excluding hydrogens is 294 g/mol. The molecule has 1 fully saturated rings. The van der Waals surface area contributed by atoms with Crippen LogP contribution in [0.5, 0.6) is 0 Å². The van der Waals surface area contributed by atoms with Crippen LogP contribution in [0.15, 0.2) is 60.7 Å². The summed E-state index contributed by atoms with van der Waals surface area (Å²) < 4.78 is 32.7. The lowest BCUT2D eigenvalue weighted by Gasteiger charge is -2.44. The molecule has 0 bridgehead atoms. The van der Waals surface area contributed by atoms with E-state index in [4.69, 9.17) is 4.74 Å². The van der Waals surface area contributed by atoms with E-state index in [0.29, 0.717) is 12.2 Å². The molecule has 2 aromatic rings. The third-order valence-corrected chi connectivity index (χ3v) is 4.53. The van der Waals surface area contributed by atoms with Crippen molar-refractivity contribution in [2.75, 3.05) is 6.61 Å². The summed E-state index contributed by atoms with van der Waals surface area (Å²) in [5.41, 5.74) is 2.88. The number of allylic oxidation sites excluding steroid dienone is 1. The Kier molecular flexibility index (Phi) is 4.31. The zero-order valence-corrected chi connectivity index (χ0v) is 13.2. The number of rotatable bonds is 5. The lowest BCUT2D eigenvalue weighted by Crippen LogP contribution is -2.40. The standard InChI is InChI=1S/C20H20F2O/c1-14-11-20(12-14,17-6-4-3-5-7-17)13-23-15(2)16-8-18(21)10-19(22)9-16/h3-10,15H,1,11-13H2,2H3/t15-/m1/s1. The number of hydrogen-bond donors (Lipinski definition) is 0. The Morgan fingerprint density at radius 1 is 1.09 bits per heavy atom. The van der Waals surface area contributed by atoms with Gasteiger partial charge in [-0.2, -0.15) is 0 Å². The van der Waals surface area contributed by atoms with Gasteiger partial charge in [0.05, 0.1) is 12.7 Å². The molecule has 0 heterocycles. The van der Waals surface area contributed by atoms with Crippen molar-refractivity contribution in [1.82, 2.24) is 0 Å². The highest BCUT2D eigenvalue weighted by Crippen LogP contribution is 2.47. The molecule has 120 valence electrons. The molecule has 1 atom stereocenters. The molecule has 0 aliphatic heterocycles. The number of hydrogen-bond acceptors (Lipinski definition) is 1.